The van der Waals surface area contributed by atoms with E-state index in [-0.39, 0.29) is 11.5 Å². The topological polar surface area (TPSA) is 48.8 Å². The lowest BCUT2D eigenvalue weighted by Gasteiger charge is -2.46. The molecule has 2 saturated heterocycles. The molecule has 23 heavy (non-hydrogen) atoms. The van der Waals surface area contributed by atoms with Crippen molar-refractivity contribution in [2.45, 2.75) is 19.9 Å². The van der Waals surface area contributed by atoms with Crippen LogP contribution < -0.4 is 5.56 Å². The van der Waals surface area contributed by atoms with Gasteiger partial charge >= 0.3 is 0 Å². The fourth-order valence-corrected chi connectivity index (χ4v) is 3.60. The molecule has 3 rings (SSSR count). The molecule has 6 heteroatoms. The minimum absolute atomic E-state index is 0.124. The van der Waals surface area contributed by atoms with Gasteiger partial charge in [-0.15, -0.1) is 0 Å². The van der Waals surface area contributed by atoms with Crippen molar-refractivity contribution < 1.29 is 4.79 Å². The van der Waals surface area contributed by atoms with Crippen molar-refractivity contribution >= 4 is 5.91 Å². The number of rotatable bonds is 1. The summed E-state index contributed by atoms with van der Waals surface area (Å²) in [5.41, 5.74) is 1.99. The Balaban J connectivity index is 1.83. The molecular weight excluding hydrogens is 292 g/mol. The molecular formula is C17H26N4O2. The van der Waals surface area contributed by atoms with Crippen molar-refractivity contribution in [2.24, 2.45) is 7.05 Å². The maximum atomic E-state index is 12.9. The van der Waals surface area contributed by atoms with Gasteiger partial charge in [0.25, 0.3) is 11.5 Å². The van der Waals surface area contributed by atoms with E-state index in [2.05, 4.69) is 16.8 Å². The van der Waals surface area contributed by atoms with Gasteiger partial charge in [-0.05, 0) is 32.5 Å². The fraction of sp³-hybridized carbons (Fsp3) is 0.647. The van der Waals surface area contributed by atoms with E-state index in [0.717, 1.165) is 37.4 Å². The normalized spacial score (nSPS) is 23.0. The summed E-state index contributed by atoms with van der Waals surface area (Å²) >= 11 is 0. The van der Waals surface area contributed by atoms with Crippen LogP contribution >= 0.6 is 0 Å². The highest BCUT2D eigenvalue weighted by atomic mass is 16.2. The van der Waals surface area contributed by atoms with E-state index in [1.165, 1.54) is 0 Å². The van der Waals surface area contributed by atoms with Crippen molar-refractivity contribution in [1.82, 2.24) is 19.3 Å². The molecule has 1 unspecified atom stereocenters. The van der Waals surface area contributed by atoms with Crippen molar-refractivity contribution in [3.05, 3.63) is 33.2 Å². The molecule has 1 aromatic rings. The number of nitrogens with zero attached hydrogens (tertiary/aromatic N) is 4. The second-order valence-corrected chi connectivity index (χ2v) is 6.89. The van der Waals surface area contributed by atoms with E-state index >= 15 is 0 Å². The second kappa shape index (κ2) is 6.09. The number of aromatic nitrogens is 1. The molecule has 2 aliphatic heterocycles. The number of piperazine rings is 2. The molecule has 2 aliphatic rings. The second-order valence-electron chi connectivity index (χ2n) is 6.89. The van der Waals surface area contributed by atoms with Crippen LogP contribution in [0.4, 0.5) is 0 Å². The van der Waals surface area contributed by atoms with Gasteiger partial charge in [0.05, 0.1) is 0 Å². The van der Waals surface area contributed by atoms with Gasteiger partial charge in [-0.25, -0.2) is 0 Å². The van der Waals surface area contributed by atoms with Crippen LogP contribution in [0.3, 0.4) is 0 Å². The summed E-state index contributed by atoms with van der Waals surface area (Å²) in [6, 6.07) is 2.13. The highest BCUT2D eigenvalue weighted by Crippen LogP contribution is 2.17. The van der Waals surface area contributed by atoms with Crippen LogP contribution in [0.5, 0.6) is 0 Å². The van der Waals surface area contributed by atoms with E-state index in [9.17, 15) is 9.59 Å². The van der Waals surface area contributed by atoms with Crippen molar-refractivity contribution in [3.8, 4) is 0 Å². The highest BCUT2D eigenvalue weighted by Gasteiger charge is 2.33. The molecule has 0 spiro atoms. The van der Waals surface area contributed by atoms with Gasteiger partial charge in [-0.3, -0.25) is 14.5 Å². The van der Waals surface area contributed by atoms with Crippen LogP contribution in [-0.2, 0) is 7.05 Å². The monoisotopic (exact) mass is 318 g/mol. The molecule has 2 fully saturated rings. The SMILES string of the molecule is Cc1cc(C(=O)N2CCN3CCN(C)CC3C2)c(=O)n(C)c1C. The lowest BCUT2D eigenvalue weighted by Crippen LogP contribution is -2.62. The smallest absolute Gasteiger partial charge is 0.263 e. The summed E-state index contributed by atoms with van der Waals surface area (Å²) in [6.07, 6.45) is 0. The zero-order valence-corrected chi connectivity index (χ0v) is 14.5. The van der Waals surface area contributed by atoms with Gasteiger partial charge in [0.15, 0.2) is 0 Å². The molecule has 6 nitrogen and oxygen atoms in total. The van der Waals surface area contributed by atoms with Gasteiger partial charge in [0.1, 0.15) is 5.56 Å². The van der Waals surface area contributed by atoms with Crippen molar-refractivity contribution in [1.29, 1.82) is 0 Å². The first kappa shape index (κ1) is 16.2. The predicted octanol–water partition coefficient (Wildman–Crippen LogP) is 0.0739. The molecule has 1 atom stereocenters. The van der Waals surface area contributed by atoms with Gasteiger partial charge in [-0.2, -0.15) is 0 Å². The van der Waals surface area contributed by atoms with Crippen LogP contribution in [0.2, 0.25) is 0 Å². The summed E-state index contributed by atoms with van der Waals surface area (Å²) in [5.74, 6) is -0.124. The number of fused-ring (bicyclic) bond motifs is 1. The molecule has 1 aromatic heterocycles. The van der Waals surface area contributed by atoms with E-state index < -0.39 is 0 Å². The van der Waals surface area contributed by atoms with Gasteiger partial charge in [-0.1, -0.05) is 0 Å². The summed E-state index contributed by atoms with van der Waals surface area (Å²) in [4.78, 5) is 32.0. The molecule has 3 heterocycles. The van der Waals surface area contributed by atoms with Crippen LogP contribution in [0.15, 0.2) is 10.9 Å². The third-order valence-electron chi connectivity index (χ3n) is 5.38. The molecule has 0 N–H and O–H groups in total. The first-order valence-corrected chi connectivity index (χ1v) is 8.27. The first-order valence-electron chi connectivity index (χ1n) is 8.27. The Morgan fingerprint density at radius 3 is 2.52 bits per heavy atom. The molecule has 0 saturated carbocycles. The number of amides is 1. The quantitative estimate of drug-likeness (QED) is 0.735. The lowest BCUT2D eigenvalue weighted by molar-refractivity contribution is 0.0188. The van der Waals surface area contributed by atoms with Crippen molar-refractivity contribution in [3.63, 3.8) is 0 Å². The Morgan fingerprint density at radius 1 is 1.09 bits per heavy atom. The number of carbonyl (C=O) groups excluding carboxylic acids is 1. The van der Waals surface area contributed by atoms with Crippen LogP contribution in [0.25, 0.3) is 0 Å². The number of hydrogen-bond acceptors (Lipinski definition) is 4. The Bertz CT molecular complexity index is 682. The van der Waals surface area contributed by atoms with Gasteiger partial charge in [0.2, 0.25) is 0 Å². The van der Waals surface area contributed by atoms with E-state index in [0.29, 0.717) is 24.7 Å². The van der Waals surface area contributed by atoms with E-state index in [4.69, 9.17) is 0 Å². The number of hydrogen-bond donors (Lipinski definition) is 0. The first-order chi connectivity index (χ1) is 10.9. The third-order valence-corrected chi connectivity index (χ3v) is 5.38. The average molecular weight is 318 g/mol. The maximum Gasteiger partial charge on any atom is 0.263 e. The number of carbonyl (C=O) groups is 1. The molecule has 126 valence electrons. The Labute approximate surface area is 137 Å². The fourth-order valence-electron chi connectivity index (χ4n) is 3.60. The Hall–Kier alpha value is -1.66. The number of pyridine rings is 1. The standard InChI is InChI=1S/C17H26N4O2/c1-12-9-15(16(22)19(4)13(12)2)17(23)21-8-7-20-6-5-18(3)10-14(20)11-21/h9,14H,5-8,10-11H2,1-4H3. The zero-order chi connectivity index (χ0) is 16.7. The summed E-state index contributed by atoms with van der Waals surface area (Å²) in [5, 5.41) is 0. The largest absolute Gasteiger partial charge is 0.336 e. The minimum atomic E-state index is -0.193. The lowest BCUT2D eigenvalue weighted by atomic mass is 10.1. The maximum absolute atomic E-state index is 12.9. The minimum Gasteiger partial charge on any atom is -0.336 e. The molecule has 0 aromatic carbocycles. The third kappa shape index (κ3) is 2.93. The van der Waals surface area contributed by atoms with Crippen LogP contribution in [0, 0.1) is 13.8 Å². The van der Waals surface area contributed by atoms with Crippen LogP contribution in [0.1, 0.15) is 21.6 Å². The zero-order valence-electron chi connectivity index (χ0n) is 14.5. The van der Waals surface area contributed by atoms with Crippen molar-refractivity contribution in [2.75, 3.05) is 46.3 Å². The highest BCUT2D eigenvalue weighted by molar-refractivity contribution is 5.94. The van der Waals surface area contributed by atoms with Gasteiger partial charge < -0.3 is 14.4 Å². The molecule has 0 bridgehead atoms. The van der Waals surface area contributed by atoms with Crippen LogP contribution in [-0.4, -0.2) is 77.5 Å². The average Bonchev–Trinajstić information content (AvgIpc) is 2.55. The van der Waals surface area contributed by atoms with E-state index in [1.54, 1.807) is 17.7 Å². The number of aryl methyl sites for hydroxylation is 1. The van der Waals surface area contributed by atoms with E-state index in [1.807, 2.05) is 18.7 Å². The summed E-state index contributed by atoms with van der Waals surface area (Å²) in [7, 11) is 3.85. The van der Waals surface area contributed by atoms with Gasteiger partial charge in [0, 0.05) is 58.1 Å². The Morgan fingerprint density at radius 2 is 1.78 bits per heavy atom. The molecule has 0 radical (unpaired) electrons. The molecule has 1 amide bonds. The molecule has 0 aliphatic carbocycles. The predicted molar refractivity (Wildman–Crippen MR) is 89.9 cm³/mol. The summed E-state index contributed by atoms with van der Waals surface area (Å²) in [6.45, 7) is 9.29. The summed E-state index contributed by atoms with van der Waals surface area (Å²) < 4.78 is 1.58. The Kier molecular flexibility index (Phi) is 4.29. The number of likely N-dealkylation sites (N-methyl/N-ethyl adjacent to an activating group) is 1.